The van der Waals surface area contributed by atoms with Crippen LogP contribution in [-0.4, -0.2) is 40.5 Å². The van der Waals surface area contributed by atoms with E-state index in [1.54, 1.807) is 7.11 Å². The summed E-state index contributed by atoms with van der Waals surface area (Å²) in [6.07, 6.45) is 0.958. The topological polar surface area (TPSA) is 85.6 Å². The van der Waals surface area contributed by atoms with Crippen molar-refractivity contribution >= 4 is 5.96 Å². The zero-order valence-electron chi connectivity index (χ0n) is 18.1. The van der Waals surface area contributed by atoms with E-state index < -0.39 is 0 Å². The van der Waals surface area contributed by atoms with Crippen LogP contribution in [0.2, 0.25) is 0 Å². The molecule has 162 valence electrons. The van der Waals surface area contributed by atoms with Crippen molar-refractivity contribution in [3.8, 4) is 11.5 Å². The molecule has 1 aliphatic rings. The van der Waals surface area contributed by atoms with Crippen molar-refractivity contribution in [2.24, 2.45) is 12.0 Å². The number of aliphatic imine (C=N–C) groups is 1. The maximum absolute atomic E-state index is 6.05. The van der Waals surface area contributed by atoms with Gasteiger partial charge in [0.15, 0.2) is 11.8 Å². The lowest BCUT2D eigenvalue weighted by molar-refractivity contribution is 0.235. The van der Waals surface area contributed by atoms with Crippen LogP contribution in [0, 0.1) is 6.92 Å². The summed E-state index contributed by atoms with van der Waals surface area (Å²) in [5.74, 6) is 4.23. The number of para-hydroxylation sites is 1. The van der Waals surface area contributed by atoms with Crippen molar-refractivity contribution in [3.63, 3.8) is 0 Å². The SMILES string of the molecule is COc1ccc(CN=C(NCc2nnc(C)n2C)NCC2Cc3ccccc3O2)cc1. The van der Waals surface area contributed by atoms with Crippen molar-refractivity contribution < 1.29 is 9.47 Å². The highest BCUT2D eigenvalue weighted by Crippen LogP contribution is 2.27. The molecule has 1 unspecified atom stereocenters. The molecule has 2 N–H and O–H groups in total. The van der Waals surface area contributed by atoms with E-state index in [4.69, 9.17) is 14.5 Å². The molecule has 3 aromatic rings. The highest BCUT2D eigenvalue weighted by Gasteiger charge is 2.22. The Morgan fingerprint density at radius 3 is 2.68 bits per heavy atom. The van der Waals surface area contributed by atoms with Crippen molar-refractivity contribution in [2.75, 3.05) is 13.7 Å². The Bertz CT molecular complexity index is 1020. The molecule has 0 spiro atoms. The smallest absolute Gasteiger partial charge is 0.192 e. The maximum Gasteiger partial charge on any atom is 0.192 e. The summed E-state index contributed by atoms with van der Waals surface area (Å²) in [5.41, 5.74) is 2.34. The lowest BCUT2D eigenvalue weighted by Gasteiger charge is -2.16. The molecule has 1 aromatic heterocycles. The highest BCUT2D eigenvalue weighted by molar-refractivity contribution is 5.79. The normalized spacial score (nSPS) is 15.3. The average Bonchev–Trinajstić information content (AvgIpc) is 3.36. The largest absolute Gasteiger partial charge is 0.497 e. The maximum atomic E-state index is 6.05. The van der Waals surface area contributed by atoms with Crippen LogP contribution >= 0.6 is 0 Å². The number of aryl methyl sites for hydroxylation is 1. The standard InChI is InChI=1S/C23H28N6O2/c1-16-27-28-22(29(16)2)15-26-23(24-13-17-8-10-19(30-3)11-9-17)25-14-20-12-18-6-4-5-7-21(18)31-20/h4-11,20H,12-15H2,1-3H3,(H2,24,25,26). The molecule has 0 saturated carbocycles. The van der Waals surface area contributed by atoms with Gasteiger partial charge < -0.3 is 24.7 Å². The van der Waals surface area contributed by atoms with Crippen LogP contribution < -0.4 is 20.1 Å². The minimum Gasteiger partial charge on any atom is -0.497 e. The summed E-state index contributed by atoms with van der Waals surface area (Å²) >= 11 is 0. The number of aromatic nitrogens is 3. The van der Waals surface area contributed by atoms with E-state index in [1.807, 2.05) is 61.0 Å². The Morgan fingerprint density at radius 2 is 1.97 bits per heavy atom. The van der Waals surface area contributed by atoms with E-state index in [-0.39, 0.29) is 6.10 Å². The summed E-state index contributed by atoms with van der Waals surface area (Å²) in [4.78, 5) is 4.75. The predicted octanol–water partition coefficient (Wildman–Crippen LogP) is 2.37. The number of hydrogen-bond donors (Lipinski definition) is 2. The van der Waals surface area contributed by atoms with E-state index in [9.17, 15) is 0 Å². The quantitative estimate of drug-likeness (QED) is 0.451. The van der Waals surface area contributed by atoms with E-state index in [0.29, 0.717) is 25.6 Å². The zero-order chi connectivity index (χ0) is 21.6. The molecule has 0 aliphatic carbocycles. The van der Waals surface area contributed by atoms with Crippen LogP contribution in [-0.2, 0) is 26.6 Å². The summed E-state index contributed by atoms with van der Waals surface area (Å²) in [5, 5.41) is 15.1. The zero-order valence-corrected chi connectivity index (χ0v) is 18.1. The average molecular weight is 421 g/mol. The van der Waals surface area contributed by atoms with Gasteiger partial charge >= 0.3 is 0 Å². The molecule has 0 bridgehead atoms. The van der Waals surface area contributed by atoms with Gasteiger partial charge in [-0.1, -0.05) is 30.3 Å². The van der Waals surface area contributed by atoms with Gasteiger partial charge in [0.2, 0.25) is 0 Å². The first-order valence-electron chi connectivity index (χ1n) is 10.4. The first-order chi connectivity index (χ1) is 15.1. The Kier molecular flexibility index (Phi) is 6.35. The lowest BCUT2D eigenvalue weighted by Crippen LogP contribution is -2.42. The van der Waals surface area contributed by atoms with Crippen LogP contribution in [0.1, 0.15) is 22.8 Å². The number of methoxy groups -OCH3 is 1. The van der Waals surface area contributed by atoms with Gasteiger partial charge in [-0.25, -0.2) is 4.99 Å². The van der Waals surface area contributed by atoms with Gasteiger partial charge in [-0.05, 0) is 36.2 Å². The van der Waals surface area contributed by atoms with Gasteiger partial charge in [0.1, 0.15) is 23.4 Å². The third-order valence-electron chi connectivity index (χ3n) is 5.39. The summed E-state index contributed by atoms with van der Waals surface area (Å²) in [6.45, 7) is 3.66. The number of hydrogen-bond acceptors (Lipinski definition) is 5. The minimum absolute atomic E-state index is 0.0717. The molecule has 4 rings (SSSR count). The van der Waals surface area contributed by atoms with E-state index in [0.717, 1.165) is 35.1 Å². The van der Waals surface area contributed by atoms with Crippen molar-refractivity contribution in [1.82, 2.24) is 25.4 Å². The van der Waals surface area contributed by atoms with Crippen LogP contribution in [0.25, 0.3) is 0 Å². The summed E-state index contributed by atoms with van der Waals surface area (Å²) in [6, 6.07) is 16.1. The molecule has 0 radical (unpaired) electrons. The number of nitrogens with one attached hydrogen (secondary N) is 2. The third-order valence-corrected chi connectivity index (χ3v) is 5.39. The number of guanidine groups is 1. The molecule has 2 heterocycles. The molecular weight excluding hydrogens is 392 g/mol. The summed E-state index contributed by atoms with van der Waals surface area (Å²) in [7, 11) is 3.62. The number of benzene rings is 2. The van der Waals surface area contributed by atoms with E-state index >= 15 is 0 Å². The number of fused-ring (bicyclic) bond motifs is 1. The van der Waals surface area contributed by atoms with Gasteiger partial charge in [0, 0.05) is 13.5 Å². The number of ether oxygens (including phenoxy) is 2. The third kappa shape index (κ3) is 5.14. The van der Waals surface area contributed by atoms with Crippen molar-refractivity contribution in [3.05, 3.63) is 71.3 Å². The lowest BCUT2D eigenvalue weighted by atomic mass is 10.1. The Balaban J connectivity index is 1.40. The second-order valence-corrected chi connectivity index (χ2v) is 7.52. The first kappa shape index (κ1) is 20.7. The molecule has 2 aromatic carbocycles. The molecule has 8 nitrogen and oxygen atoms in total. The van der Waals surface area contributed by atoms with Gasteiger partial charge in [-0.3, -0.25) is 0 Å². The predicted molar refractivity (Wildman–Crippen MR) is 119 cm³/mol. The summed E-state index contributed by atoms with van der Waals surface area (Å²) < 4.78 is 13.2. The fourth-order valence-corrected chi connectivity index (χ4v) is 3.42. The van der Waals surface area contributed by atoms with Gasteiger partial charge in [0.25, 0.3) is 0 Å². The van der Waals surface area contributed by atoms with Crippen molar-refractivity contribution in [2.45, 2.75) is 32.5 Å². The van der Waals surface area contributed by atoms with Crippen LogP contribution in [0.15, 0.2) is 53.5 Å². The second-order valence-electron chi connectivity index (χ2n) is 7.52. The first-order valence-corrected chi connectivity index (χ1v) is 10.4. The Morgan fingerprint density at radius 1 is 1.16 bits per heavy atom. The van der Waals surface area contributed by atoms with E-state index in [1.165, 1.54) is 5.56 Å². The molecule has 0 amide bonds. The molecule has 8 heteroatoms. The Labute approximate surface area is 182 Å². The molecule has 1 aliphatic heterocycles. The second kappa shape index (κ2) is 9.51. The van der Waals surface area contributed by atoms with Crippen molar-refractivity contribution in [1.29, 1.82) is 0 Å². The van der Waals surface area contributed by atoms with Gasteiger partial charge in [-0.2, -0.15) is 0 Å². The van der Waals surface area contributed by atoms with E-state index in [2.05, 4.69) is 26.9 Å². The molecule has 0 fully saturated rings. The monoisotopic (exact) mass is 420 g/mol. The number of rotatable bonds is 7. The Hall–Kier alpha value is -3.55. The van der Waals surface area contributed by atoms with Crippen LogP contribution in [0.3, 0.4) is 0 Å². The fraction of sp³-hybridized carbons (Fsp3) is 0.348. The highest BCUT2D eigenvalue weighted by atomic mass is 16.5. The number of nitrogens with zero attached hydrogens (tertiary/aromatic N) is 4. The van der Waals surface area contributed by atoms with Gasteiger partial charge in [0.05, 0.1) is 26.7 Å². The fourth-order valence-electron chi connectivity index (χ4n) is 3.42. The molecule has 0 saturated heterocycles. The van der Waals surface area contributed by atoms with Gasteiger partial charge in [-0.15, -0.1) is 10.2 Å². The molecule has 1 atom stereocenters. The molecule has 31 heavy (non-hydrogen) atoms. The minimum atomic E-state index is 0.0717. The van der Waals surface area contributed by atoms with Crippen LogP contribution in [0.5, 0.6) is 11.5 Å². The molecular formula is C23H28N6O2. The van der Waals surface area contributed by atoms with Crippen LogP contribution in [0.4, 0.5) is 0 Å².